The van der Waals surface area contributed by atoms with Crippen molar-refractivity contribution in [1.29, 1.82) is 0 Å². The van der Waals surface area contributed by atoms with Gasteiger partial charge in [-0.05, 0) is 36.2 Å². The third-order valence-electron chi connectivity index (χ3n) is 4.09. The number of hydrogen-bond donors (Lipinski definition) is 1. The summed E-state index contributed by atoms with van der Waals surface area (Å²) in [6.07, 6.45) is -0.455. The molecule has 0 radical (unpaired) electrons. The number of nitrogens with zero attached hydrogens (tertiary/aromatic N) is 1. The van der Waals surface area contributed by atoms with Crippen molar-refractivity contribution in [3.63, 3.8) is 0 Å². The predicted molar refractivity (Wildman–Crippen MR) is 85.4 cm³/mol. The minimum atomic E-state index is -0.455. The van der Waals surface area contributed by atoms with Crippen molar-refractivity contribution in [2.75, 3.05) is 26.2 Å². The molecule has 1 aliphatic rings. The average Bonchev–Trinajstić information content (AvgIpc) is 2.45. The number of fused-ring (bicyclic) bond motifs is 1. The molecule has 0 aliphatic carbocycles. The molecule has 0 amide bonds. The molecule has 1 unspecified atom stereocenters. The zero-order chi connectivity index (χ0) is 14.9. The quantitative estimate of drug-likeness (QED) is 0.941. The standard InChI is InChI=1S/C18H23NO2/c1-18(2)13-19(9-10-21-18)12-17(20)16-8-7-14-5-3-4-6-15(14)11-16/h3-8,11,17,20H,9-10,12-13H2,1-2H3. The molecule has 2 aromatic rings. The number of ether oxygens (including phenoxy) is 1. The molecular weight excluding hydrogens is 262 g/mol. The molecule has 0 bridgehead atoms. The molecule has 3 nitrogen and oxygen atoms in total. The van der Waals surface area contributed by atoms with E-state index in [-0.39, 0.29) is 5.60 Å². The smallest absolute Gasteiger partial charge is 0.0917 e. The van der Waals surface area contributed by atoms with Gasteiger partial charge in [-0.1, -0.05) is 36.4 Å². The molecule has 2 aromatic carbocycles. The summed E-state index contributed by atoms with van der Waals surface area (Å²) in [5, 5.41) is 12.9. The Labute approximate surface area is 126 Å². The summed E-state index contributed by atoms with van der Waals surface area (Å²) in [6, 6.07) is 14.4. The Morgan fingerprint density at radius 3 is 2.71 bits per heavy atom. The van der Waals surface area contributed by atoms with Gasteiger partial charge in [0.25, 0.3) is 0 Å². The molecule has 1 atom stereocenters. The normalized spacial score (nSPS) is 20.5. The first-order valence-corrected chi connectivity index (χ1v) is 7.57. The number of β-amino-alcohol motifs (C(OH)–C–C–N with tert-alkyl or cyclic N) is 1. The molecule has 1 saturated heterocycles. The first-order chi connectivity index (χ1) is 10.0. The van der Waals surface area contributed by atoms with Crippen LogP contribution in [-0.4, -0.2) is 41.8 Å². The zero-order valence-electron chi connectivity index (χ0n) is 12.7. The van der Waals surface area contributed by atoms with Crippen LogP contribution in [0.5, 0.6) is 0 Å². The molecule has 3 rings (SSSR count). The highest BCUT2D eigenvalue weighted by Crippen LogP contribution is 2.23. The van der Waals surface area contributed by atoms with E-state index in [4.69, 9.17) is 4.74 Å². The van der Waals surface area contributed by atoms with E-state index in [1.807, 2.05) is 18.2 Å². The lowest BCUT2D eigenvalue weighted by molar-refractivity contribution is -0.0932. The maximum Gasteiger partial charge on any atom is 0.0917 e. The van der Waals surface area contributed by atoms with Crippen LogP contribution in [0.15, 0.2) is 42.5 Å². The van der Waals surface area contributed by atoms with E-state index >= 15 is 0 Å². The Morgan fingerprint density at radius 2 is 1.95 bits per heavy atom. The number of benzene rings is 2. The molecule has 1 heterocycles. The third-order valence-corrected chi connectivity index (χ3v) is 4.09. The van der Waals surface area contributed by atoms with Crippen LogP contribution in [0.25, 0.3) is 10.8 Å². The van der Waals surface area contributed by atoms with Crippen LogP contribution in [-0.2, 0) is 4.74 Å². The molecule has 3 heteroatoms. The number of hydrogen-bond acceptors (Lipinski definition) is 3. The molecule has 0 aromatic heterocycles. The molecule has 1 aliphatic heterocycles. The summed E-state index contributed by atoms with van der Waals surface area (Å²) in [7, 11) is 0. The van der Waals surface area contributed by atoms with Gasteiger partial charge in [-0.2, -0.15) is 0 Å². The molecular formula is C18H23NO2. The highest BCUT2D eigenvalue weighted by Gasteiger charge is 2.28. The second-order valence-electron chi connectivity index (χ2n) is 6.47. The van der Waals surface area contributed by atoms with Gasteiger partial charge in [0.05, 0.1) is 18.3 Å². The van der Waals surface area contributed by atoms with Gasteiger partial charge in [0.15, 0.2) is 0 Å². The second-order valence-corrected chi connectivity index (χ2v) is 6.47. The van der Waals surface area contributed by atoms with Crippen molar-refractivity contribution in [2.24, 2.45) is 0 Å². The van der Waals surface area contributed by atoms with Gasteiger partial charge in [-0.25, -0.2) is 0 Å². The summed E-state index contributed by atoms with van der Waals surface area (Å²) in [4.78, 5) is 2.28. The monoisotopic (exact) mass is 285 g/mol. The summed E-state index contributed by atoms with van der Waals surface area (Å²) < 4.78 is 5.72. The topological polar surface area (TPSA) is 32.7 Å². The van der Waals surface area contributed by atoms with Crippen molar-refractivity contribution in [3.8, 4) is 0 Å². The van der Waals surface area contributed by atoms with E-state index in [0.717, 1.165) is 25.3 Å². The van der Waals surface area contributed by atoms with E-state index in [1.54, 1.807) is 0 Å². The van der Waals surface area contributed by atoms with Crippen LogP contribution in [0.1, 0.15) is 25.5 Å². The Bertz CT molecular complexity index is 623. The Kier molecular flexibility index (Phi) is 3.98. The van der Waals surface area contributed by atoms with Crippen LogP contribution < -0.4 is 0 Å². The molecule has 1 fully saturated rings. The van der Waals surface area contributed by atoms with Gasteiger partial charge in [0, 0.05) is 19.6 Å². The summed E-state index contributed by atoms with van der Waals surface area (Å²) in [5.74, 6) is 0. The third kappa shape index (κ3) is 3.43. The van der Waals surface area contributed by atoms with E-state index in [1.165, 1.54) is 10.8 Å². The van der Waals surface area contributed by atoms with E-state index in [0.29, 0.717) is 6.54 Å². The molecule has 1 N–H and O–H groups in total. The Hall–Kier alpha value is -1.42. The summed E-state index contributed by atoms with van der Waals surface area (Å²) in [5.41, 5.74) is 0.861. The first kappa shape index (κ1) is 14.5. The Balaban J connectivity index is 1.73. The van der Waals surface area contributed by atoms with Gasteiger partial charge in [0.1, 0.15) is 0 Å². The van der Waals surface area contributed by atoms with Crippen LogP contribution in [0.2, 0.25) is 0 Å². The number of morpholine rings is 1. The minimum Gasteiger partial charge on any atom is -0.387 e. The van der Waals surface area contributed by atoms with E-state index in [9.17, 15) is 5.11 Å². The SMILES string of the molecule is CC1(C)CN(CC(O)c2ccc3ccccc3c2)CCO1. The van der Waals surface area contributed by atoms with Gasteiger partial charge in [0.2, 0.25) is 0 Å². The Morgan fingerprint density at radius 1 is 1.19 bits per heavy atom. The number of rotatable bonds is 3. The highest BCUT2D eigenvalue weighted by atomic mass is 16.5. The van der Waals surface area contributed by atoms with Crippen LogP contribution >= 0.6 is 0 Å². The average molecular weight is 285 g/mol. The van der Waals surface area contributed by atoms with Crippen molar-refractivity contribution < 1.29 is 9.84 Å². The van der Waals surface area contributed by atoms with Crippen molar-refractivity contribution >= 4 is 10.8 Å². The largest absolute Gasteiger partial charge is 0.387 e. The van der Waals surface area contributed by atoms with Crippen LogP contribution in [0, 0.1) is 0 Å². The van der Waals surface area contributed by atoms with Gasteiger partial charge >= 0.3 is 0 Å². The first-order valence-electron chi connectivity index (χ1n) is 7.57. The van der Waals surface area contributed by atoms with Crippen LogP contribution in [0.4, 0.5) is 0 Å². The number of aliphatic hydroxyl groups is 1. The molecule has 112 valence electrons. The predicted octanol–water partition coefficient (Wildman–Crippen LogP) is 2.98. The van der Waals surface area contributed by atoms with E-state index in [2.05, 4.69) is 43.0 Å². The van der Waals surface area contributed by atoms with Crippen molar-refractivity contribution in [1.82, 2.24) is 4.90 Å². The van der Waals surface area contributed by atoms with Gasteiger partial charge in [-0.3, -0.25) is 4.90 Å². The molecule has 0 saturated carbocycles. The second kappa shape index (κ2) is 5.76. The molecule has 21 heavy (non-hydrogen) atoms. The lowest BCUT2D eigenvalue weighted by atomic mass is 10.0. The zero-order valence-corrected chi connectivity index (χ0v) is 12.7. The summed E-state index contributed by atoms with van der Waals surface area (Å²) >= 11 is 0. The van der Waals surface area contributed by atoms with Gasteiger partial charge in [-0.15, -0.1) is 0 Å². The summed E-state index contributed by atoms with van der Waals surface area (Å²) in [6.45, 7) is 7.33. The van der Waals surface area contributed by atoms with Crippen molar-refractivity contribution in [2.45, 2.75) is 25.6 Å². The fraction of sp³-hybridized carbons (Fsp3) is 0.444. The minimum absolute atomic E-state index is 0.124. The highest BCUT2D eigenvalue weighted by molar-refractivity contribution is 5.83. The lowest BCUT2D eigenvalue weighted by Crippen LogP contribution is -2.49. The lowest BCUT2D eigenvalue weighted by Gasteiger charge is -2.39. The van der Waals surface area contributed by atoms with Gasteiger partial charge < -0.3 is 9.84 Å². The molecule has 0 spiro atoms. The van der Waals surface area contributed by atoms with Crippen LogP contribution in [0.3, 0.4) is 0 Å². The fourth-order valence-corrected chi connectivity index (χ4v) is 3.04. The maximum absolute atomic E-state index is 10.5. The van der Waals surface area contributed by atoms with Crippen molar-refractivity contribution in [3.05, 3.63) is 48.0 Å². The number of aliphatic hydroxyl groups excluding tert-OH is 1. The maximum atomic E-state index is 10.5. The van der Waals surface area contributed by atoms with E-state index < -0.39 is 6.10 Å². The fourth-order valence-electron chi connectivity index (χ4n) is 3.04.